The highest BCUT2D eigenvalue weighted by Crippen LogP contribution is 2.37. The fraction of sp³-hybridized carbons (Fsp3) is 0.636. The van der Waals surface area contributed by atoms with E-state index < -0.39 is 0 Å². The van der Waals surface area contributed by atoms with Gasteiger partial charge < -0.3 is 9.42 Å². The molecule has 3 aromatic heterocycles. The summed E-state index contributed by atoms with van der Waals surface area (Å²) in [6, 6.07) is 0. The van der Waals surface area contributed by atoms with Crippen LogP contribution in [0, 0.1) is 0 Å². The Balaban J connectivity index is 1.70. The van der Waals surface area contributed by atoms with Crippen molar-refractivity contribution in [2.75, 3.05) is 20.6 Å². The molecule has 0 aromatic carbocycles. The normalized spacial score (nSPS) is 15.0. The maximum Gasteiger partial charge on any atom is 0.263 e. The summed E-state index contributed by atoms with van der Waals surface area (Å²) in [5.74, 6) is 1.33. The Hall–Kier alpha value is -1.71. The van der Waals surface area contributed by atoms with Crippen molar-refractivity contribution >= 4 is 33.3 Å². The molecule has 4 rings (SSSR count). The molecule has 31 heavy (non-hydrogen) atoms. The highest BCUT2D eigenvalue weighted by atomic mass is 32.2. The molecule has 0 amide bonds. The third-order valence-corrected chi connectivity index (χ3v) is 7.88. The SMILES string of the molecule is CCCc1noc(C(C)Sc2nc3sc4c(c3c(=O)n2CCCN(C)C)CCCC4)n1. The van der Waals surface area contributed by atoms with Crippen molar-refractivity contribution in [3.63, 3.8) is 0 Å². The Morgan fingerprint density at radius 1 is 1.26 bits per heavy atom. The summed E-state index contributed by atoms with van der Waals surface area (Å²) in [6.45, 7) is 5.72. The number of aryl methyl sites for hydroxylation is 3. The molecule has 0 radical (unpaired) electrons. The van der Waals surface area contributed by atoms with Gasteiger partial charge in [-0.2, -0.15) is 4.98 Å². The summed E-state index contributed by atoms with van der Waals surface area (Å²) < 4.78 is 7.36. The van der Waals surface area contributed by atoms with E-state index in [4.69, 9.17) is 9.51 Å². The number of thiophene rings is 1. The molecule has 1 unspecified atom stereocenters. The van der Waals surface area contributed by atoms with Crippen LogP contribution in [0.3, 0.4) is 0 Å². The van der Waals surface area contributed by atoms with E-state index in [1.807, 2.05) is 11.5 Å². The average molecular weight is 462 g/mol. The predicted molar refractivity (Wildman–Crippen MR) is 126 cm³/mol. The zero-order valence-electron chi connectivity index (χ0n) is 18.8. The molecular weight excluding hydrogens is 430 g/mol. The first-order valence-corrected chi connectivity index (χ1v) is 12.9. The van der Waals surface area contributed by atoms with Gasteiger partial charge in [0, 0.05) is 17.8 Å². The van der Waals surface area contributed by atoms with Gasteiger partial charge in [-0.1, -0.05) is 23.8 Å². The Labute approximate surface area is 191 Å². The first-order chi connectivity index (χ1) is 15.0. The molecule has 3 heterocycles. The fourth-order valence-corrected chi connectivity index (χ4v) is 6.29. The monoisotopic (exact) mass is 461 g/mol. The molecule has 0 spiro atoms. The average Bonchev–Trinajstić information content (AvgIpc) is 3.34. The van der Waals surface area contributed by atoms with Crippen molar-refractivity contribution in [3.05, 3.63) is 32.5 Å². The summed E-state index contributed by atoms with van der Waals surface area (Å²) in [5.41, 5.74) is 1.35. The van der Waals surface area contributed by atoms with Crippen molar-refractivity contribution < 1.29 is 4.52 Å². The lowest BCUT2D eigenvalue weighted by molar-refractivity contribution is 0.373. The smallest absolute Gasteiger partial charge is 0.263 e. The quantitative estimate of drug-likeness (QED) is 0.343. The summed E-state index contributed by atoms with van der Waals surface area (Å²) in [5, 5.41) is 5.61. The molecule has 9 heteroatoms. The van der Waals surface area contributed by atoms with Gasteiger partial charge >= 0.3 is 0 Å². The topological polar surface area (TPSA) is 77.0 Å². The van der Waals surface area contributed by atoms with Crippen molar-refractivity contribution in [3.8, 4) is 0 Å². The van der Waals surface area contributed by atoms with Crippen molar-refractivity contribution in [1.29, 1.82) is 0 Å². The highest BCUT2D eigenvalue weighted by Gasteiger charge is 2.24. The second kappa shape index (κ2) is 9.83. The van der Waals surface area contributed by atoms with E-state index in [0.29, 0.717) is 12.4 Å². The van der Waals surface area contributed by atoms with E-state index in [9.17, 15) is 4.79 Å². The molecule has 1 atom stereocenters. The lowest BCUT2D eigenvalue weighted by atomic mass is 9.97. The number of aromatic nitrogens is 4. The first kappa shape index (κ1) is 22.5. The number of hydrogen-bond acceptors (Lipinski definition) is 8. The molecule has 0 bridgehead atoms. The fourth-order valence-electron chi connectivity index (χ4n) is 4.02. The Kier molecular flexibility index (Phi) is 7.13. The molecule has 0 aliphatic heterocycles. The summed E-state index contributed by atoms with van der Waals surface area (Å²) >= 11 is 3.24. The van der Waals surface area contributed by atoms with Gasteiger partial charge in [0.15, 0.2) is 11.0 Å². The van der Waals surface area contributed by atoms with E-state index in [0.717, 1.165) is 66.3 Å². The molecule has 0 saturated heterocycles. The second-order valence-electron chi connectivity index (χ2n) is 8.46. The van der Waals surface area contributed by atoms with Crippen LogP contribution in [-0.4, -0.2) is 45.2 Å². The number of fused-ring (bicyclic) bond motifs is 3. The van der Waals surface area contributed by atoms with Crippen LogP contribution in [-0.2, 0) is 25.8 Å². The lowest BCUT2D eigenvalue weighted by Gasteiger charge is -2.16. The molecule has 3 aromatic rings. The van der Waals surface area contributed by atoms with Crippen LogP contribution in [0.5, 0.6) is 0 Å². The van der Waals surface area contributed by atoms with Gasteiger partial charge in [-0.3, -0.25) is 9.36 Å². The van der Waals surface area contributed by atoms with Crippen molar-refractivity contribution in [2.45, 2.75) is 75.7 Å². The van der Waals surface area contributed by atoms with Gasteiger partial charge in [0.1, 0.15) is 4.83 Å². The number of nitrogens with zero attached hydrogens (tertiary/aromatic N) is 5. The molecular formula is C22H31N5O2S2. The Morgan fingerprint density at radius 2 is 2.06 bits per heavy atom. The van der Waals surface area contributed by atoms with Crippen molar-refractivity contribution in [2.24, 2.45) is 0 Å². The van der Waals surface area contributed by atoms with E-state index >= 15 is 0 Å². The first-order valence-electron chi connectivity index (χ1n) is 11.2. The van der Waals surface area contributed by atoms with Crippen molar-refractivity contribution in [1.82, 2.24) is 24.6 Å². The van der Waals surface area contributed by atoms with Crippen LogP contribution in [0.1, 0.15) is 66.9 Å². The standard InChI is InChI=1S/C22H31N5O2S2/c1-5-9-17-23-19(29-25-17)14(2)30-22-24-20-18(15-10-6-7-11-16(15)31-20)21(28)27(22)13-8-12-26(3)4/h14H,5-13H2,1-4H3. The van der Waals surface area contributed by atoms with E-state index in [-0.39, 0.29) is 10.8 Å². The van der Waals surface area contributed by atoms with Gasteiger partial charge in [0.2, 0.25) is 5.89 Å². The molecule has 7 nitrogen and oxygen atoms in total. The van der Waals surface area contributed by atoms with Crippen LogP contribution >= 0.6 is 23.1 Å². The van der Waals surface area contributed by atoms with Gasteiger partial charge in [0.05, 0.1) is 10.6 Å². The summed E-state index contributed by atoms with van der Waals surface area (Å²) in [6.07, 6.45) is 7.10. The van der Waals surface area contributed by atoms with Crippen LogP contribution in [0.15, 0.2) is 14.5 Å². The third kappa shape index (κ3) is 4.88. The Bertz CT molecular complexity index is 1100. The molecule has 0 fully saturated rings. The summed E-state index contributed by atoms with van der Waals surface area (Å²) in [4.78, 5) is 27.5. The zero-order valence-corrected chi connectivity index (χ0v) is 20.4. The lowest BCUT2D eigenvalue weighted by Crippen LogP contribution is -2.26. The van der Waals surface area contributed by atoms with Crippen LogP contribution in [0.4, 0.5) is 0 Å². The molecule has 1 aliphatic carbocycles. The summed E-state index contributed by atoms with van der Waals surface area (Å²) in [7, 11) is 4.11. The number of rotatable bonds is 9. The van der Waals surface area contributed by atoms with Crippen LogP contribution < -0.4 is 5.56 Å². The molecule has 0 saturated carbocycles. The molecule has 0 N–H and O–H groups in total. The number of thioether (sulfide) groups is 1. The molecule has 168 valence electrons. The van der Waals surface area contributed by atoms with Crippen LogP contribution in [0.2, 0.25) is 0 Å². The molecule has 1 aliphatic rings. The van der Waals surface area contributed by atoms with E-state index in [2.05, 4.69) is 36.1 Å². The zero-order chi connectivity index (χ0) is 22.0. The third-order valence-electron chi connectivity index (χ3n) is 5.61. The van der Waals surface area contributed by atoms with E-state index in [1.165, 1.54) is 28.6 Å². The minimum atomic E-state index is -0.0721. The Morgan fingerprint density at radius 3 is 2.84 bits per heavy atom. The van der Waals surface area contributed by atoms with Gasteiger partial charge in [-0.05, 0) is 71.7 Å². The largest absolute Gasteiger partial charge is 0.338 e. The van der Waals surface area contributed by atoms with E-state index in [1.54, 1.807) is 11.3 Å². The second-order valence-corrected chi connectivity index (χ2v) is 10.8. The van der Waals surface area contributed by atoms with Crippen LogP contribution in [0.25, 0.3) is 10.2 Å². The maximum absolute atomic E-state index is 13.6. The van der Waals surface area contributed by atoms with Gasteiger partial charge in [-0.15, -0.1) is 11.3 Å². The maximum atomic E-state index is 13.6. The number of hydrogen-bond donors (Lipinski definition) is 0. The predicted octanol–water partition coefficient (Wildman–Crippen LogP) is 4.48. The van der Waals surface area contributed by atoms with Gasteiger partial charge in [0.25, 0.3) is 5.56 Å². The minimum Gasteiger partial charge on any atom is -0.338 e. The highest BCUT2D eigenvalue weighted by molar-refractivity contribution is 7.99. The van der Waals surface area contributed by atoms with Gasteiger partial charge in [-0.25, -0.2) is 4.98 Å². The minimum absolute atomic E-state index is 0.0721.